The van der Waals surface area contributed by atoms with E-state index in [1.807, 2.05) is 0 Å². The minimum Gasteiger partial charge on any atom is -0.444 e. The van der Waals surface area contributed by atoms with E-state index in [1.165, 1.54) is 0 Å². The molecule has 112 valence electrons. The van der Waals surface area contributed by atoms with Crippen LogP contribution < -0.4 is 11.1 Å². The largest absolute Gasteiger partial charge is 0.444 e. The molecule has 0 saturated carbocycles. The highest BCUT2D eigenvalue weighted by Crippen LogP contribution is 2.24. The number of amides is 1. The number of nitrogens with two attached hydrogens (primary N) is 1. The third-order valence-electron chi connectivity index (χ3n) is 3.14. The summed E-state index contributed by atoms with van der Waals surface area (Å²) < 4.78 is 28.3. The lowest BCUT2D eigenvalue weighted by Crippen LogP contribution is -2.44. The Labute approximate surface area is 115 Å². The molecule has 19 heavy (non-hydrogen) atoms. The van der Waals surface area contributed by atoms with E-state index in [9.17, 15) is 13.2 Å². The van der Waals surface area contributed by atoms with Crippen LogP contribution in [0, 0.1) is 11.8 Å². The summed E-state index contributed by atoms with van der Waals surface area (Å²) in [5, 5.41) is 2.63. The van der Waals surface area contributed by atoms with Crippen LogP contribution >= 0.6 is 0 Å². The van der Waals surface area contributed by atoms with E-state index >= 15 is 0 Å². The summed E-state index contributed by atoms with van der Waals surface area (Å²) in [5.74, 6) is 0.289. The number of hydrogen-bond acceptors (Lipinski definition) is 5. The SMILES string of the molecule is CC(C)(C)OC(=O)NC[C@@H]1CS(=O)(=O)CC[C@@H]1CN. The van der Waals surface area contributed by atoms with E-state index in [1.54, 1.807) is 20.8 Å². The number of rotatable bonds is 3. The van der Waals surface area contributed by atoms with Crippen molar-refractivity contribution in [2.24, 2.45) is 17.6 Å². The van der Waals surface area contributed by atoms with Gasteiger partial charge in [-0.15, -0.1) is 0 Å². The van der Waals surface area contributed by atoms with E-state index in [-0.39, 0.29) is 29.9 Å². The fourth-order valence-electron chi connectivity index (χ4n) is 2.18. The van der Waals surface area contributed by atoms with E-state index in [0.29, 0.717) is 13.0 Å². The van der Waals surface area contributed by atoms with Gasteiger partial charge in [0.1, 0.15) is 5.60 Å². The Morgan fingerprint density at radius 3 is 2.53 bits per heavy atom. The van der Waals surface area contributed by atoms with Crippen LogP contribution in [0.15, 0.2) is 0 Å². The van der Waals surface area contributed by atoms with Crippen molar-refractivity contribution in [3.8, 4) is 0 Å². The minimum absolute atomic E-state index is 0.0880. The Morgan fingerprint density at radius 2 is 2.00 bits per heavy atom. The van der Waals surface area contributed by atoms with Crippen molar-refractivity contribution >= 4 is 15.9 Å². The number of alkyl carbamates (subject to hydrolysis) is 1. The van der Waals surface area contributed by atoms with Gasteiger partial charge in [0.25, 0.3) is 0 Å². The molecule has 1 saturated heterocycles. The molecule has 1 aliphatic heterocycles. The Balaban J connectivity index is 2.51. The Morgan fingerprint density at radius 1 is 1.37 bits per heavy atom. The highest BCUT2D eigenvalue weighted by Gasteiger charge is 2.32. The molecule has 0 aliphatic carbocycles. The van der Waals surface area contributed by atoms with Crippen molar-refractivity contribution in [2.45, 2.75) is 32.8 Å². The second kappa shape index (κ2) is 6.09. The lowest BCUT2D eigenvalue weighted by molar-refractivity contribution is 0.0514. The molecule has 1 heterocycles. The lowest BCUT2D eigenvalue weighted by atomic mass is 9.91. The maximum absolute atomic E-state index is 11.6. The molecule has 2 atom stereocenters. The number of carbonyl (C=O) groups is 1. The van der Waals surface area contributed by atoms with Crippen LogP contribution in [0.2, 0.25) is 0 Å². The summed E-state index contributed by atoms with van der Waals surface area (Å²) >= 11 is 0. The van der Waals surface area contributed by atoms with Gasteiger partial charge in [0, 0.05) is 6.54 Å². The van der Waals surface area contributed by atoms with Gasteiger partial charge in [0.2, 0.25) is 0 Å². The first-order chi connectivity index (χ1) is 8.63. The summed E-state index contributed by atoms with van der Waals surface area (Å²) in [6.07, 6.45) is 0.0469. The molecular formula is C12H24N2O4S. The van der Waals surface area contributed by atoms with Crippen molar-refractivity contribution < 1.29 is 17.9 Å². The zero-order chi connectivity index (χ0) is 14.7. The van der Waals surface area contributed by atoms with Gasteiger partial charge in [-0.2, -0.15) is 0 Å². The van der Waals surface area contributed by atoms with E-state index in [0.717, 1.165) is 0 Å². The van der Waals surface area contributed by atoms with E-state index < -0.39 is 21.5 Å². The molecule has 0 bridgehead atoms. The first-order valence-electron chi connectivity index (χ1n) is 6.50. The van der Waals surface area contributed by atoms with Crippen molar-refractivity contribution in [1.29, 1.82) is 0 Å². The Hall–Kier alpha value is -0.820. The van der Waals surface area contributed by atoms with Crippen molar-refractivity contribution in [2.75, 3.05) is 24.6 Å². The van der Waals surface area contributed by atoms with Gasteiger partial charge in [0.15, 0.2) is 9.84 Å². The van der Waals surface area contributed by atoms with Gasteiger partial charge in [0.05, 0.1) is 11.5 Å². The lowest BCUT2D eigenvalue weighted by Gasteiger charge is -2.30. The maximum Gasteiger partial charge on any atom is 0.407 e. The number of ether oxygens (including phenoxy) is 1. The van der Waals surface area contributed by atoms with Gasteiger partial charge in [-0.25, -0.2) is 13.2 Å². The molecule has 1 fully saturated rings. The summed E-state index contributed by atoms with van der Waals surface area (Å²) in [7, 11) is -3.01. The summed E-state index contributed by atoms with van der Waals surface area (Å²) in [6, 6.07) is 0. The standard InChI is InChI=1S/C12H24N2O4S/c1-12(2,3)18-11(15)14-7-10-8-19(16,17)5-4-9(10)6-13/h9-10H,4-8,13H2,1-3H3,(H,14,15)/t9-,10-/m1/s1. The number of sulfone groups is 1. The number of hydrogen-bond donors (Lipinski definition) is 2. The normalized spacial score (nSPS) is 26.7. The zero-order valence-corrected chi connectivity index (χ0v) is 12.6. The fourth-order valence-corrected chi connectivity index (χ4v) is 4.05. The molecule has 1 amide bonds. The first kappa shape index (κ1) is 16.2. The van der Waals surface area contributed by atoms with Gasteiger partial charge >= 0.3 is 6.09 Å². The molecule has 6 nitrogen and oxygen atoms in total. The highest BCUT2D eigenvalue weighted by molar-refractivity contribution is 7.91. The Bertz CT molecular complexity index is 414. The summed E-state index contributed by atoms with van der Waals surface area (Å²) in [4.78, 5) is 11.5. The fraction of sp³-hybridized carbons (Fsp3) is 0.917. The van der Waals surface area contributed by atoms with Gasteiger partial charge < -0.3 is 15.8 Å². The smallest absolute Gasteiger partial charge is 0.407 e. The molecule has 3 N–H and O–H groups in total. The number of carbonyl (C=O) groups excluding carboxylic acids is 1. The van der Waals surface area contributed by atoms with Gasteiger partial charge in [-0.3, -0.25) is 0 Å². The minimum atomic E-state index is -3.01. The van der Waals surface area contributed by atoms with Crippen LogP contribution in [0.3, 0.4) is 0 Å². The van der Waals surface area contributed by atoms with Crippen LogP contribution in [0.5, 0.6) is 0 Å². The third-order valence-corrected chi connectivity index (χ3v) is 4.94. The molecular weight excluding hydrogens is 268 g/mol. The monoisotopic (exact) mass is 292 g/mol. The van der Waals surface area contributed by atoms with Crippen molar-refractivity contribution in [3.05, 3.63) is 0 Å². The predicted molar refractivity (Wildman–Crippen MR) is 73.5 cm³/mol. The summed E-state index contributed by atoms with van der Waals surface area (Å²) in [6.45, 7) is 6.06. The summed E-state index contributed by atoms with van der Waals surface area (Å²) in [5.41, 5.74) is 5.09. The molecule has 0 spiro atoms. The zero-order valence-electron chi connectivity index (χ0n) is 11.8. The topological polar surface area (TPSA) is 98.5 Å². The van der Waals surface area contributed by atoms with Crippen LogP contribution in [-0.2, 0) is 14.6 Å². The first-order valence-corrected chi connectivity index (χ1v) is 8.32. The Kier molecular flexibility index (Phi) is 5.20. The number of nitrogens with one attached hydrogen (secondary N) is 1. The molecule has 0 aromatic carbocycles. The van der Waals surface area contributed by atoms with Crippen molar-refractivity contribution in [3.63, 3.8) is 0 Å². The molecule has 1 rings (SSSR count). The molecule has 0 unspecified atom stereocenters. The maximum atomic E-state index is 11.6. The van der Waals surface area contributed by atoms with Gasteiger partial charge in [-0.1, -0.05) is 0 Å². The average molecular weight is 292 g/mol. The van der Waals surface area contributed by atoms with Crippen LogP contribution in [-0.4, -0.2) is 44.7 Å². The van der Waals surface area contributed by atoms with Gasteiger partial charge in [-0.05, 0) is 45.6 Å². The quantitative estimate of drug-likeness (QED) is 0.790. The predicted octanol–water partition coefficient (Wildman–Crippen LogP) is 0.521. The van der Waals surface area contributed by atoms with Crippen LogP contribution in [0.4, 0.5) is 4.79 Å². The van der Waals surface area contributed by atoms with E-state index in [2.05, 4.69) is 5.32 Å². The molecule has 7 heteroatoms. The molecule has 0 aromatic heterocycles. The van der Waals surface area contributed by atoms with Crippen molar-refractivity contribution in [1.82, 2.24) is 5.32 Å². The van der Waals surface area contributed by atoms with Crippen LogP contribution in [0.1, 0.15) is 27.2 Å². The molecule has 1 aliphatic rings. The van der Waals surface area contributed by atoms with Crippen LogP contribution in [0.25, 0.3) is 0 Å². The second-order valence-corrected chi connectivity index (χ2v) is 8.27. The molecule has 0 aromatic rings. The second-order valence-electron chi connectivity index (χ2n) is 6.04. The molecule has 0 radical (unpaired) electrons. The highest BCUT2D eigenvalue weighted by atomic mass is 32.2. The van der Waals surface area contributed by atoms with E-state index in [4.69, 9.17) is 10.5 Å². The average Bonchev–Trinajstić information content (AvgIpc) is 2.23. The third kappa shape index (κ3) is 5.78.